The highest BCUT2D eigenvalue weighted by atomic mass is 19.1. The molecule has 0 aliphatic carbocycles. The molecule has 1 heterocycles. The molecule has 0 fully saturated rings. The van der Waals surface area contributed by atoms with Crippen molar-refractivity contribution < 1.29 is 28.2 Å². The zero-order valence-electron chi connectivity index (χ0n) is 24.8. The summed E-state index contributed by atoms with van der Waals surface area (Å²) >= 11 is 0. The van der Waals surface area contributed by atoms with Crippen LogP contribution in [0.5, 0.6) is 23.1 Å². The number of hydrogen-bond acceptors (Lipinski definition) is 8. The van der Waals surface area contributed by atoms with E-state index in [1.165, 1.54) is 18.5 Å². The van der Waals surface area contributed by atoms with Crippen LogP contribution in [0.1, 0.15) is 26.3 Å². The summed E-state index contributed by atoms with van der Waals surface area (Å²) in [5, 5.41) is 7.82. The third-order valence-electron chi connectivity index (χ3n) is 7.35. The number of rotatable bonds is 9. The van der Waals surface area contributed by atoms with Crippen LogP contribution >= 0.6 is 0 Å². The van der Waals surface area contributed by atoms with Crippen molar-refractivity contribution in [3.05, 3.63) is 120 Å². The quantitative estimate of drug-likeness (QED) is 0.157. The molecule has 6 aromatic rings. The largest absolute Gasteiger partial charge is 0.493 e. The highest BCUT2D eigenvalue weighted by Gasteiger charge is 2.15. The number of benzene rings is 5. The Hall–Kier alpha value is -6.23. The van der Waals surface area contributed by atoms with Crippen molar-refractivity contribution in [1.29, 1.82) is 0 Å². The van der Waals surface area contributed by atoms with Gasteiger partial charge >= 0.3 is 0 Å². The molecular weight excluding hydrogens is 589 g/mol. The Morgan fingerprint density at radius 3 is 2.37 bits per heavy atom. The summed E-state index contributed by atoms with van der Waals surface area (Å²) in [4.78, 5) is 34.5. The van der Waals surface area contributed by atoms with Gasteiger partial charge in [-0.3, -0.25) is 9.59 Å². The van der Waals surface area contributed by atoms with Gasteiger partial charge < -0.3 is 30.6 Å². The van der Waals surface area contributed by atoms with Crippen LogP contribution in [0.15, 0.2) is 97.3 Å². The number of carbonyl (C=O) groups excluding carboxylic acids is 2. The average molecular weight is 618 g/mol. The Bertz CT molecular complexity index is 2100. The molecule has 230 valence electrons. The molecule has 0 saturated carbocycles. The molecule has 0 atom stereocenters. The van der Waals surface area contributed by atoms with Gasteiger partial charge in [0.15, 0.2) is 11.5 Å². The van der Waals surface area contributed by atoms with Crippen molar-refractivity contribution >= 4 is 44.9 Å². The van der Waals surface area contributed by atoms with E-state index in [4.69, 9.17) is 19.9 Å². The number of amides is 2. The number of nitrogens with zero attached hydrogens (tertiary/aromatic N) is 2. The summed E-state index contributed by atoms with van der Waals surface area (Å²) in [6, 6.07) is 25.0. The maximum absolute atomic E-state index is 13.3. The summed E-state index contributed by atoms with van der Waals surface area (Å²) in [6.45, 7) is 0.248. The minimum absolute atomic E-state index is 0.131. The van der Waals surface area contributed by atoms with E-state index in [-0.39, 0.29) is 24.0 Å². The maximum atomic E-state index is 13.3. The van der Waals surface area contributed by atoms with Gasteiger partial charge in [-0.2, -0.15) is 0 Å². The normalized spacial score (nSPS) is 10.8. The molecule has 0 bridgehead atoms. The van der Waals surface area contributed by atoms with Gasteiger partial charge in [-0.25, -0.2) is 14.4 Å². The lowest BCUT2D eigenvalue weighted by Crippen LogP contribution is -2.23. The van der Waals surface area contributed by atoms with Crippen molar-refractivity contribution in [1.82, 2.24) is 15.3 Å². The highest BCUT2D eigenvalue weighted by molar-refractivity contribution is 6.07. The van der Waals surface area contributed by atoms with Crippen LogP contribution in [-0.4, -0.2) is 36.0 Å². The molecule has 10 nitrogen and oxygen atoms in total. The number of nitrogens with one attached hydrogen (secondary N) is 2. The molecule has 46 heavy (non-hydrogen) atoms. The molecule has 2 amide bonds. The van der Waals surface area contributed by atoms with Crippen molar-refractivity contribution in [2.75, 3.05) is 25.3 Å². The van der Waals surface area contributed by atoms with Crippen LogP contribution in [0.25, 0.3) is 21.7 Å². The van der Waals surface area contributed by atoms with Crippen LogP contribution in [0.2, 0.25) is 0 Å². The molecule has 0 aliphatic rings. The van der Waals surface area contributed by atoms with Crippen molar-refractivity contribution in [2.45, 2.75) is 6.54 Å². The predicted molar refractivity (Wildman–Crippen MR) is 173 cm³/mol. The van der Waals surface area contributed by atoms with Gasteiger partial charge in [-0.05, 0) is 77.0 Å². The number of aromatic nitrogens is 2. The Kier molecular flexibility index (Phi) is 8.29. The molecule has 6 rings (SSSR count). The number of halogens is 1. The Labute approximate surface area is 262 Å². The lowest BCUT2D eigenvalue weighted by atomic mass is 10.0. The molecule has 0 aliphatic heterocycles. The monoisotopic (exact) mass is 617 g/mol. The number of carbonyl (C=O) groups is 2. The molecule has 0 unspecified atom stereocenters. The van der Waals surface area contributed by atoms with Crippen LogP contribution in [0, 0.1) is 5.82 Å². The van der Waals surface area contributed by atoms with Crippen molar-refractivity contribution in [3.63, 3.8) is 0 Å². The fourth-order valence-electron chi connectivity index (χ4n) is 4.97. The van der Waals surface area contributed by atoms with E-state index in [9.17, 15) is 14.0 Å². The van der Waals surface area contributed by atoms with E-state index in [1.807, 2.05) is 18.2 Å². The smallest absolute Gasteiger partial charge is 0.255 e. The van der Waals surface area contributed by atoms with E-state index < -0.39 is 5.82 Å². The SMILES string of the molecule is COc1cc2ncnc(Oc3ccc4c(C(=O)NCc5ccc(C(=O)Nc6ccc(F)cc6N)cc5)cccc4c3)c2cc1OC. The Morgan fingerprint density at radius 2 is 1.61 bits per heavy atom. The van der Waals surface area contributed by atoms with Gasteiger partial charge in [0.05, 0.1) is 36.5 Å². The average Bonchev–Trinajstić information content (AvgIpc) is 3.07. The first kappa shape index (κ1) is 29.8. The van der Waals surface area contributed by atoms with Gasteiger partial charge in [0.1, 0.15) is 17.9 Å². The van der Waals surface area contributed by atoms with Crippen molar-refractivity contribution in [3.8, 4) is 23.1 Å². The van der Waals surface area contributed by atoms with Gasteiger partial charge in [0.2, 0.25) is 5.88 Å². The third-order valence-corrected chi connectivity index (χ3v) is 7.35. The number of anilines is 2. The summed E-state index contributed by atoms with van der Waals surface area (Å²) in [5.74, 6) is 0.827. The zero-order valence-corrected chi connectivity index (χ0v) is 24.8. The summed E-state index contributed by atoms with van der Waals surface area (Å²) in [5.41, 5.74) is 8.56. The fourth-order valence-corrected chi connectivity index (χ4v) is 4.97. The van der Waals surface area contributed by atoms with E-state index in [1.54, 1.807) is 68.8 Å². The standard InChI is InChI=1S/C35H28FN5O5/c1-44-31-16-27-30(17-32(31)45-2)39-19-40-35(27)46-24-11-12-25-22(14-24)4-3-5-26(25)34(43)38-18-20-6-8-21(9-7-20)33(42)41-29-13-10-23(36)15-28(29)37/h3-17,19H,18,37H2,1-2H3,(H,38,43)(H,41,42). The number of ether oxygens (including phenoxy) is 3. The van der Waals surface area contributed by atoms with E-state index in [0.29, 0.717) is 50.8 Å². The van der Waals surface area contributed by atoms with Crippen LogP contribution in [-0.2, 0) is 6.54 Å². The van der Waals surface area contributed by atoms with E-state index >= 15 is 0 Å². The fraction of sp³-hybridized carbons (Fsp3) is 0.0857. The number of fused-ring (bicyclic) bond motifs is 2. The lowest BCUT2D eigenvalue weighted by molar-refractivity contribution is 0.0951. The molecule has 11 heteroatoms. The maximum Gasteiger partial charge on any atom is 0.255 e. The van der Waals surface area contributed by atoms with Gasteiger partial charge in [-0.15, -0.1) is 0 Å². The van der Waals surface area contributed by atoms with Gasteiger partial charge in [0.25, 0.3) is 11.8 Å². The number of hydrogen-bond donors (Lipinski definition) is 3. The van der Waals surface area contributed by atoms with Gasteiger partial charge in [-0.1, -0.05) is 24.3 Å². The first-order valence-corrected chi connectivity index (χ1v) is 14.1. The summed E-state index contributed by atoms with van der Waals surface area (Å²) in [6.07, 6.45) is 1.42. The minimum atomic E-state index is -0.486. The first-order valence-electron chi connectivity index (χ1n) is 14.1. The zero-order chi connectivity index (χ0) is 32.2. The Morgan fingerprint density at radius 1 is 0.826 bits per heavy atom. The van der Waals surface area contributed by atoms with Crippen molar-refractivity contribution in [2.24, 2.45) is 0 Å². The Balaban J connectivity index is 1.14. The summed E-state index contributed by atoms with van der Waals surface area (Å²) in [7, 11) is 3.11. The number of nitrogen functional groups attached to an aromatic ring is 1. The van der Waals surface area contributed by atoms with E-state index in [2.05, 4.69) is 20.6 Å². The predicted octanol–water partition coefficient (Wildman–Crippen LogP) is 6.50. The topological polar surface area (TPSA) is 138 Å². The number of nitrogens with two attached hydrogens (primary N) is 1. The number of methoxy groups -OCH3 is 2. The lowest BCUT2D eigenvalue weighted by Gasteiger charge is -2.12. The second-order valence-corrected chi connectivity index (χ2v) is 10.3. The molecule has 0 radical (unpaired) electrons. The van der Waals surface area contributed by atoms with E-state index in [0.717, 1.165) is 22.4 Å². The molecule has 0 saturated heterocycles. The minimum Gasteiger partial charge on any atom is -0.493 e. The first-order chi connectivity index (χ1) is 22.3. The van der Waals surface area contributed by atoms with Crippen LogP contribution in [0.3, 0.4) is 0 Å². The van der Waals surface area contributed by atoms with Gasteiger partial charge in [0, 0.05) is 23.7 Å². The van der Waals surface area contributed by atoms with Crippen LogP contribution in [0.4, 0.5) is 15.8 Å². The molecule has 0 spiro atoms. The van der Waals surface area contributed by atoms with Crippen LogP contribution < -0.4 is 30.6 Å². The molecule has 1 aromatic heterocycles. The second kappa shape index (κ2) is 12.8. The second-order valence-electron chi connectivity index (χ2n) is 10.3. The summed E-state index contributed by atoms with van der Waals surface area (Å²) < 4.78 is 30.3. The molecule has 4 N–H and O–H groups in total. The highest BCUT2D eigenvalue weighted by Crippen LogP contribution is 2.36. The molecule has 5 aromatic carbocycles. The molecular formula is C35H28FN5O5. The third kappa shape index (κ3) is 6.20.